The van der Waals surface area contributed by atoms with Crippen molar-refractivity contribution in [2.45, 2.75) is 12.5 Å². The van der Waals surface area contributed by atoms with E-state index in [4.69, 9.17) is 5.73 Å². The van der Waals surface area contributed by atoms with Gasteiger partial charge >= 0.3 is 16.5 Å². The third-order valence-corrected chi connectivity index (χ3v) is 2.18. The van der Waals surface area contributed by atoms with Crippen molar-refractivity contribution in [2.75, 3.05) is 13.1 Å². The number of hydrogen-bond acceptors (Lipinski definition) is 6. The summed E-state index contributed by atoms with van der Waals surface area (Å²) >= 11 is 0. The molecule has 0 saturated carbocycles. The van der Waals surface area contributed by atoms with Crippen molar-refractivity contribution in [1.29, 1.82) is 0 Å². The minimum Gasteiger partial charge on any atom is -0.548 e. The summed E-state index contributed by atoms with van der Waals surface area (Å²) in [6.07, 6.45) is 2.61. The molecular weight excluding hydrogens is 313 g/mol. The molecule has 2 amide bonds. The molecule has 0 radical (unpaired) electrons. The van der Waals surface area contributed by atoms with Crippen LogP contribution in [0.2, 0.25) is 0 Å². The van der Waals surface area contributed by atoms with Crippen LogP contribution in [-0.4, -0.2) is 41.9 Å². The normalized spacial score (nSPS) is 11.1. The molecule has 112 valence electrons. The van der Waals surface area contributed by atoms with Crippen LogP contribution < -0.4 is 26.5 Å². The number of nitrogens with zero attached hydrogens (tertiary/aromatic N) is 2. The predicted octanol–water partition coefficient (Wildman–Crippen LogP) is -4.11. The first-order chi connectivity index (χ1) is 9.02. The third kappa shape index (κ3) is 6.30. The maximum absolute atomic E-state index is 11.4. The summed E-state index contributed by atoms with van der Waals surface area (Å²) in [6.45, 7) is -0.604. The number of carbonyl (C=O) groups excluding carboxylic acids is 3. The van der Waals surface area contributed by atoms with E-state index in [2.05, 4.69) is 20.6 Å². The molecule has 0 aromatic carbocycles. The molecule has 0 aliphatic carbocycles. The van der Waals surface area contributed by atoms with E-state index >= 15 is 0 Å². The number of carboxylic acids is 1. The van der Waals surface area contributed by atoms with E-state index in [9.17, 15) is 19.5 Å². The molecule has 10 heteroatoms. The Bertz CT molecular complexity index is 451. The summed E-state index contributed by atoms with van der Waals surface area (Å²) < 4.78 is 0. The zero-order valence-electron chi connectivity index (χ0n) is 10.3. The minimum atomic E-state index is -1.44. The molecule has 1 aromatic rings. The van der Waals surface area contributed by atoms with Crippen molar-refractivity contribution in [2.24, 2.45) is 5.73 Å². The van der Waals surface area contributed by atoms with Crippen LogP contribution in [0, 0.1) is 0 Å². The van der Waals surface area contributed by atoms with E-state index in [1.165, 1.54) is 12.5 Å². The van der Waals surface area contributed by atoms with Gasteiger partial charge in [0, 0.05) is 0 Å². The second kappa shape index (κ2) is 9.05. The molecule has 9 nitrogen and oxygen atoms in total. The van der Waals surface area contributed by atoms with E-state index in [0.717, 1.165) is 0 Å². The van der Waals surface area contributed by atoms with Crippen molar-refractivity contribution in [3.05, 3.63) is 18.2 Å². The number of amides is 2. The van der Waals surface area contributed by atoms with Gasteiger partial charge in [-0.05, 0) is 6.42 Å². The molecule has 1 rings (SSSR count). The molecule has 1 heterocycles. The average molecular weight is 326 g/mol. The number of hydrogen-bond donors (Lipinski definition) is 3. The van der Waals surface area contributed by atoms with Crippen molar-refractivity contribution in [3.63, 3.8) is 0 Å². The zero-order valence-corrected chi connectivity index (χ0v) is 11.3. The Morgan fingerprint density at radius 2 is 2.10 bits per heavy atom. The molecule has 0 fully saturated rings. The van der Waals surface area contributed by atoms with Crippen LogP contribution in [0.15, 0.2) is 12.5 Å². The van der Waals surface area contributed by atoms with Crippen LogP contribution in [0.3, 0.4) is 0 Å². The van der Waals surface area contributed by atoms with Gasteiger partial charge < -0.3 is 36.2 Å². The summed E-state index contributed by atoms with van der Waals surface area (Å²) in [5.41, 5.74) is 5.45. The van der Waals surface area contributed by atoms with Crippen LogP contribution in [0.25, 0.3) is 0 Å². The number of imidazole rings is 1. The Labute approximate surface area is 124 Å². The van der Waals surface area contributed by atoms with E-state index in [0.29, 0.717) is 5.69 Å². The molecule has 0 spiro atoms. The standard InChI is InChI=1S/C10H15N5O4.Ni/c11-2-8(16)13-4-9(17)15-7(10(18)19)1-6-3-12-5-14-6;/h3,5,7H,1-2,4,11H2,(H4,12,13,14,15,16,17,18,19);/q;+2/p-2/t7-;/m0./s1. The predicted molar refractivity (Wildman–Crippen MR) is 60.3 cm³/mol. The van der Waals surface area contributed by atoms with Gasteiger partial charge in [0.15, 0.2) is 0 Å². The van der Waals surface area contributed by atoms with Gasteiger partial charge in [0.25, 0.3) is 0 Å². The number of aromatic nitrogens is 2. The Morgan fingerprint density at radius 3 is 2.60 bits per heavy atom. The SMILES string of the molecule is NCC(=O)NCC(=O)N[C@@H](Cc1c[n-]cn1)C(=O)[O-].[Ni+2]. The van der Waals surface area contributed by atoms with Crippen molar-refractivity contribution in [3.8, 4) is 0 Å². The topological polar surface area (TPSA) is 151 Å². The second-order valence-corrected chi connectivity index (χ2v) is 3.64. The smallest absolute Gasteiger partial charge is 0.548 e. The number of nitrogens with one attached hydrogen (secondary N) is 2. The maximum Gasteiger partial charge on any atom is 2.00 e. The molecular formula is C10H13N5NiO4. The quantitative estimate of drug-likeness (QED) is 0.431. The molecule has 0 aliphatic heterocycles. The van der Waals surface area contributed by atoms with Crippen molar-refractivity contribution >= 4 is 17.8 Å². The van der Waals surface area contributed by atoms with Gasteiger partial charge in [0.2, 0.25) is 11.8 Å². The fourth-order valence-electron chi connectivity index (χ4n) is 1.26. The van der Waals surface area contributed by atoms with E-state index < -0.39 is 23.8 Å². The van der Waals surface area contributed by atoms with E-state index in [1.807, 2.05) is 0 Å². The van der Waals surface area contributed by atoms with Gasteiger partial charge in [-0.1, -0.05) is 18.2 Å². The molecule has 1 atom stereocenters. The van der Waals surface area contributed by atoms with Gasteiger partial charge in [0.05, 0.1) is 25.1 Å². The Hall–Kier alpha value is -1.93. The van der Waals surface area contributed by atoms with Gasteiger partial charge in [0.1, 0.15) is 0 Å². The van der Waals surface area contributed by atoms with E-state index in [1.54, 1.807) is 0 Å². The monoisotopic (exact) mass is 325 g/mol. The third-order valence-electron chi connectivity index (χ3n) is 2.18. The summed E-state index contributed by atoms with van der Waals surface area (Å²) in [7, 11) is 0. The summed E-state index contributed by atoms with van der Waals surface area (Å²) in [4.78, 5) is 40.6. The largest absolute Gasteiger partial charge is 2.00 e. The molecule has 1 aromatic heterocycles. The number of nitrogens with two attached hydrogens (primary N) is 1. The Morgan fingerprint density at radius 1 is 1.40 bits per heavy atom. The van der Waals surface area contributed by atoms with Crippen LogP contribution in [0.5, 0.6) is 0 Å². The number of carboxylic acid groups (broad SMARTS) is 1. The van der Waals surface area contributed by atoms with Gasteiger partial charge in [-0.15, -0.1) is 0 Å². The molecule has 0 saturated heterocycles. The van der Waals surface area contributed by atoms with Crippen molar-refractivity contribution < 1.29 is 36.0 Å². The van der Waals surface area contributed by atoms with Gasteiger partial charge in [-0.2, -0.15) is 0 Å². The van der Waals surface area contributed by atoms with Crippen molar-refractivity contribution in [1.82, 2.24) is 20.6 Å². The van der Waals surface area contributed by atoms with Crippen LogP contribution in [0.1, 0.15) is 5.69 Å². The van der Waals surface area contributed by atoms with Crippen LogP contribution in [-0.2, 0) is 37.3 Å². The fraction of sp³-hybridized carbons (Fsp3) is 0.400. The average Bonchev–Trinajstić information content (AvgIpc) is 2.87. The Balaban J connectivity index is 0.00000361. The first-order valence-electron chi connectivity index (χ1n) is 5.41. The second-order valence-electron chi connectivity index (χ2n) is 3.64. The van der Waals surface area contributed by atoms with Gasteiger partial charge in [-0.3, -0.25) is 9.59 Å². The summed E-state index contributed by atoms with van der Waals surface area (Å²) in [5.74, 6) is -2.61. The molecule has 20 heavy (non-hydrogen) atoms. The summed E-state index contributed by atoms with van der Waals surface area (Å²) in [5, 5.41) is 15.3. The number of carbonyl (C=O) groups is 3. The number of aliphatic carboxylic acids is 1. The Kier molecular flexibility index (Phi) is 8.18. The van der Waals surface area contributed by atoms with Crippen LogP contribution in [0.4, 0.5) is 0 Å². The molecule has 0 aliphatic rings. The molecule has 0 unspecified atom stereocenters. The molecule has 4 N–H and O–H groups in total. The summed E-state index contributed by atoms with van der Waals surface area (Å²) in [6, 6.07) is -1.24. The fourth-order valence-corrected chi connectivity index (χ4v) is 1.26. The molecule has 0 bridgehead atoms. The zero-order chi connectivity index (χ0) is 14.3. The van der Waals surface area contributed by atoms with Crippen LogP contribution >= 0.6 is 0 Å². The van der Waals surface area contributed by atoms with Gasteiger partial charge in [-0.25, -0.2) is 0 Å². The minimum absolute atomic E-state index is 0. The van der Waals surface area contributed by atoms with E-state index in [-0.39, 0.29) is 36.0 Å². The first-order valence-corrected chi connectivity index (χ1v) is 5.41. The number of rotatable bonds is 7. The first kappa shape index (κ1) is 18.1. The maximum atomic E-state index is 11.4.